The molecule has 0 atom stereocenters. The van der Waals surface area contributed by atoms with E-state index in [9.17, 15) is 9.59 Å². The van der Waals surface area contributed by atoms with Gasteiger partial charge in [0.15, 0.2) is 18.1 Å². The molecule has 2 aromatic rings. The highest BCUT2D eigenvalue weighted by Gasteiger charge is 2.28. The maximum atomic E-state index is 12.5. The molecule has 3 rings (SSSR count). The average Bonchev–Trinajstić information content (AvgIpc) is 3.43. The van der Waals surface area contributed by atoms with Crippen molar-refractivity contribution in [3.63, 3.8) is 0 Å². The van der Waals surface area contributed by atoms with E-state index >= 15 is 0 Å². The number of carbonyl (C=O) groups is 2. The Bertz CT molecular complexity index is 848. The largest absolute Gasteiger partial charge is 0.493 e. The molecule has 6 nitrogen and oxygen atoms in total. The summed E-state index contributed by atoms with van der Waals surface area (Å²) in [4.78, 5) is 24.7. The van der Waals surface area contributed by atoms with Gasteiger partial charge in [0.05, 0.1) is 19.8 Å². The van der Waals surface area contributed by atoms with E-state index in [4.69, 9.17) is 14.2 Å². The highest BCUT2D eigenvalue weighted by molar-refractivity contribution is 6.00. The van der Waals surface area contributed by atoms with Gasteiger partial charge in [-0.25, -0.2) is 4.79 Å². The van der Waals surface area contributed by atoms with Crippen LogP contribution in [0.15, 0.2) is 24.3 Å². The molecular weight excluding hydrogens is 334 g/mol. The zero-order valence-corrected chi connectivity index (χ0v) is 15.5. The normalized spacial score (nSPS) is 13.4. The highest BCUT2D eigenvalue weighted by atomic mass is 16.5. The number of Topliss-reactive ketones (excluding diaryl/α,β-unsaturated/α-hetero) is 1. The van der Waals surface area contributed by atoms with Crippen molar-refractivity contribution in [3.8, 4) is 11.5 Å². The molecule has 1 aromatic carbocycles. The summed E-state index contributed by atoms with van der Waals surface area (Å²) in [6.07, 6.45) is 2.30. The molecule has 138 valence electrons. The lowest BCUT2D eigenvalue weighted by Gasteiger charge is -2.10. The number of hydrogen-bond acceptors (Lipinski definition) is 5. The van der Waals surface area contributed by atoms with Crippen LogP contribution in [0.2, 0.25) is 0 Å². The van der Waals surface area contributed by atoms with Gasteiger partial charge in [0.2, 0.25) is 5.78 Å². The lowest BCUT2D eigenvalue weighted by Crippen LogP contribution is -2.15. The third kappa shape index (κ3) is 3.45. The Morgan fingerprint density at radius 1 is 1.08 bits per heavy atom. The van der Waals surface area contributed by atoms with E-state index in [0.717, 1.165) is 24.2 Å². The summed E-state index contributed by atoms with van der Waals surface area (Å²) in [7, 11) is 3.01. The molecule has 1 aliphatic carbocycles. The van der Waals surface area contributed by atoms with Gasteiger partial charge in [-0.05, 0) is 51.0 Å². The Balaban J connectivity index is 1.68. The summed E-state index contributed by atoms with van der Waals surface area (Å²) in [5, 5.41) is 0. The van der Waals surface area contributed by atoms with Crippen LogP contribution in [-0.4, -0.2) is 37.1 Å². The van der Waals surface area contributed by atoms with E-state index in [0.29, 0.717) is 28.7 Å². The number of aryl methyl sites for hydroxylation is 1. The maximum absolute atomic E-state index is 12.5. The third-order valence-corrected chi connectivity index (χ3v) is 4.65. The van der Waals surface area contributed by atoms with E-state index in [1.54, 1.807) is 12.1 Å². The van der Waals surface area contributed by atoms with Crippen molar-refractivity contribution >= 4 is 11.8 Å². The van der Waals surface area contributed by atoms with Crippen LogP contribution in [0.3, 0.4) is 0 Å². The van der Waals surface area contributed by atoms with E-state index in [-0.39, 0.29) is 12.4 Å². The molecule has 0 radical (unpaired) electrons. The molecule has 26 heavy (non-hydrogen) atoms. The molecule has 1 aromatic heterocycles. The maximum Gasteiger partial charge on any atom is 0.338 e. The molecule has 0 bridgehead atoms. The predicted molar refractivity (Wildman–Crippen MR) is 96.3 cm³/mol. The summed E-state index contributed by atoms with van der Waals surface area (Å²) in [5.74, 6) is 0.183. The molecule has 0 amide bonds. The van der Waals surface area contributed by atoms with Crippen LogP contribution < -0.4 is 9.47 Å². The minimum Gasteiger partial charge on any atom is -0.493 e. The van der Waals surface area contributed by atoms with Crippen LogP contribution in [0.25, 0.3) is 0 Å². The number of benzene rings is 1. The summed E-state index contributed by atoms with van der Waals surface area (Å²) in [5.41, 5.74) is 2.94. The third-order valence-electron chi connectivity index (χ3n) is 4.65. The molecule has 0 unspecified atom stereocenters. The number of ketones is 1. The lowest BCUT2D eigenvalue weighted by molar-refractivity contribution is 0.0474. The summed E-state index contributed by atoms with van der Waals surface area (Å²) in [6, 6.07) is 7.12. The lowest BCUT2D eigenvalue weighted by atomic mass is 10.1. The number of methoxy groups -OCH3 is 2. The van der Waals surface area contributed by atoms with Crippen molar-refractivity contribution in [3.05, 3.63) is 46.8 Å². The van der Waals surface area contributed by atoms with Gasteiger partial charge >= 0.3 is 5.97 Å². The average molecular weight is 357 g/mol. The number of aromatic nitrogens is 1. The van der Waals surface area contributed by atoms with Crippen LogP contribution >= 0.6 is 0 Å². The molecule has 1 fully saturated rings. The predicted octanol–water partition coefficient (Wildman–Crippen LogP) is 3.50. The standard InChI is InChI=1S/C20H23NO5/c1-12-9-16(13(2)21(12)15-6-7-15)17(22)11-26-20(23)14-5-8-18(24-3)19(10-14)25-4/h5,8-10,15H,6-7,11H2,1-4H3. The molecule has 0 N–H and O–H groups in total. The van der Waals surface area contributed by atoms with Gasteiger partial charge in [-0.3, -0.25) is 4.79 Å². The van der Waals surface area contributed by atoms with Crippen LogP contribution in [0, 0.1) is 13.8 Å². The smallest absolute Gasteiger partial charge is 0.338 e. The Labute approximate surface area is 152 Å². The number of carbonyl (C=O) groups excluding carboxylic acids is 2. The van der Waals surface area contributed by atoms with E-state index in [1.165, 1.54) is 20.3 Å². The summed E-state index contributed by atoms with van der Waals surface area (Å²) >= 11 is 0. The molecule has 0 aliphatic heterocycles. The minimum absolute atomic E-state index is 0.196. The van der Waals surface area contributed by atoms with Crippen molar-refractivity contribution in [2.75, 3.05) is 20.8 Å². The van der Waals surface area contributed by atoms with Crippen molar-refractivity contribution in [1.82, 2.24) is 4.57 Å². The quantitative estimate of drug-likeness (QED) is 0.560. The monoisotopic (exact) mass is 357 g/mol. The van der Waals surface area contributed by atoms with Gasteiger partial charge in [0.25, 0.3) is 0 Å². The topological polar surface area (TPSA) is 66.8 Å². The molecular formula is C20H23NO5. The van der Waals surface area contributed by atoms with Gasteiger partial charge < -0.3 is 18.8 Å². The van der Waals surface area contributed by atoms with Crippen LogP contribution in [0.5, 0.6) is 11.5 Å². The SMILES string of the molecule is COc1ccc(C(=O)OCC(=O)c2cc(C)n(C3CC3)c2C)cc1OC. The van der Waals surface area contributed by atoms with Gasteiger partial charge in [-0.15, -0.1) is 0 Å². The Morgan fingerprint density at radius 3 is 2.38 bits per heavy atom. The first-order valence-corrected chi connectivity index (χ1v) is 8.57. The first-order chi connectivity index (χ1) is 12.5. The fourth-order valence-corrected chi connectivity index (χ4v) is 3.21. The van der Waals surface area contributed by atoms with E-state index < -0.39 is 5.97 Å². The Hall–Kier alpha value is -2.76. The molecule has 6 heteroatoms. The molecule has 0 saturated heterocycles. The summed E-state index contributed by atoms with van der Waals surface area (Å²) in [6.45, 7) is 3.65. The second-order valence-electron chi connectivity index (χ2n) is 6.46. The number of ether oxygens (including phenoxy) is 3. The Morgan fingerprint density at radius 2 is 1.77 bits per heavy atom. The van der Waals surface area contributed by atoms with Crippen LogP contribution in [0.1, 0.15) is 51.0 Å². The first kappa shape index (κ1) is 18.0. The molecule has 1 aliphatic rings. The number of esters is 1. The first-order valence-electron chi connectivity index (χ1n) is 8.57. The second kappa shape index (κ2) is 7.23. The zero-order chi connectivity index (χ0) is 18.8. The van der Waals surface area contributed by atoms with Gasteiger partial charge in [0, 0.05) is 23.0 Å². The molecule has 0 spiro atoms. The van der Waals surface area contributed by atoms with E-state index in [1.807, 2.05) is 19.9 Å². The van der Waals surface area contributed by atoms with Crippen LogP contribution in [-0.2, 0) is 4.74 Å². The summed E-state index contributed by atoms with van der Waals surface area (Å²) < 4.78 is 17.7. The van der Waals surface area contributed by atoms with Crippen molar-refractivity contribution in [2.24, 2.45) is 0 Å². The minimum atomic E-state index is -0.574. The van der Waals surface area contributed by atoms with Gasteiger partial charge in [-0.2, -0.15) is 0 Å². The fourth-order valence-electron chi connectivity index (χ4n) is 3.21. The highest BCUT2D eigenvalue weighted by Crippen LogP contribution is 2.38. The number of hydrogen-bond donors (Lipinski definition) is 0. The van der Waals surface area contributed by atoms with Gasteiger partial charge in [0.1, 0.15) is 0 Å². The molecule has 1 heterocycles. The second-order valence-corrected chi connectivity index (χ2v) is 6.46. The van der Waals surface area contributed by atoms with Gasteiger partial charge in [-0.1, -0.05) is 0 Å². The van der Waals surface area contributed by atoms with Crippen LogP contribution in [0.4, 0.5) is 0 Å². The van der Waals surface area contributed by atoms with Crippen molar-refractivity contribution in [1.29, 1.82) is 0 Å². The van der Waals surface area contributed by atoms with Crippen molar-refractivity contribution in [2.45, 2.75) is 32.7 Å². The molecule has 1 saturated carbocycles. The number of rotatable bonds is 7. The zero-order valence-electron chi connectivity index (χ0n) is 15.5. The Kier molecular flexibility index (Phi) is 5.02. The number of nitrogens with zero attached hydrogens (tertiary/aromatic N) is 1. The fraction of sp³-hybridized carbons (Fsp3) is 0.400. The van der Waals surface area contributed by atoms with Crippen molar-refractivity contribution < 1.29 is 23.8 Å². The van der Waals surface area contributed by atoms with E-state index in [2.05, 4.69) is 4.57 Å².